The minimum absolute atomic E-state index is 0.0393. The Kier molecular flexibility index (Phi) is 6.99. The number of anilines is 2. The van der Waals surface area contributed by atoms with E-state index in [1.807, 2.05) is 19.9 Å². The van der Waals surface area contributed by atoms with E-state index in [0.29, 0.717) is 16.8 Å². The van der Waals surface area contributed by atoms with Gasteiger partial charge in [-0.2, -0.15) is 0 Å². The molecule has 0 bridgehead atoms. The first-order valence-electron chi connectivity index (χ1n) is 10.3. The number of piperazine rings is 1. The minimum Gasteiger partial charge on any atom is -0.367 e. The molecule has 3 rings (SSSR count). The third kappa shape index (κ3) is 5.12. The smallest absolute Gasteiger partial charge is 0.262 e. The lowest BCUT2D eigenvalue weighted by atomic mass is 10.1. The van der Waals surface area contributed by atoms with Crippen LogP contribution in [-0.2, 0) is 10.0 Å². The Morgan fingerprint density at radius 1 is 1.17 bits per heavy atom. The summed E-state index contributed by atoms with van der Waals surface area (Å²) in [6.07, 6.45) is 0.817. The van der Waals surface area contributed by atoms with Crippen molar-refractivity contribution in [2.45, 2.75) is 38.1 Å². The molecular weight excluding hydrogens is 400 g/mol. The maximum absolute atomic E-state index is 13.1. The van der Waals surface area contributed by atoms with Gasteiger partial charge in [-0.05, 0) is 50.1 Å². The number of nitrogens with one attached hydrogen (secondary N) is 3. The summed E-state index contributed by atoms with van der Waals surface area (Å²) in [4.78, 5) is 15.0. The van der Waals surface area contributed by atoms with Gasteiger partial charge in [0.2, 0.25) is 0 Å². The van der Waals surface area contributed by atoms with Gasteiger partial charge in [-0.15, -0.1) is 0 Å². The normalized spacial score (nSPS) is 15.5. The van der Waals surface area contributed by atoms with Crippen LogP contribution in [0.1, 0.15) is 36.2 Å². The molecule has 3 N–H and O–H groups in total. The Morgan fingerprint density at radius 2 is 1.87 bits per heavy atom. The van der Waals surface area contributed by atoms with Crippen LogP contribution in [0.25, 0.3) is 0 Å². The minimum atomic E-state index is -3.80. The summed E-state index contributed by atoms with van der Waals surface area (Å²) in [7, 11) is -3.80. The van der Waals surface area contributed by atoms with E-state index in [1.165, 1.54) is 0 Å². The highest BCUT2D eigenvalue weighted by molar-refractivity contribution is 7.92. The molecule has 1 heterocycles. The third-order valence-corrected chi connectivity index (χ3v) is 6.86. The first-order chi connectivity index (χ1) is 14.3. The second kappa shape index (κ2) is 9.49. The Hall–Kier alpha value is -2.58. The SMILES string of the molecule is CC[C@H](C)NC(=O)c1ccc(N2CCNCC2)c(NS(=O)(=O)c2ccccc2C)c1. The summed E-state index contributed by atoms with van der Waals surface area (Å²) >= 11 is 0. The quantitative estimate of drug-likeness (QED) is 0.628. The summed E-state index contributed by atoms with van der Waals surface area (Å²) in [5, 5.41) is 6.23. The lowest BCUT2D eigenvalue weighted by molar-refractivity contribution is 0.0939. The molecule has 0 radical (unpaired) electrons. The highest BCUT2D eigenvalue weighted by Gasteiger charge is 2.22. The molecule has 1 amide bonds. The second-order valence-electron chi connectivity index (χ2n) is 7.62. The van der Waals surface area contributed by atoms with E-state index in [4.69, 9.17) is 0 Å². The molecule has 30 heavy (non-hydrogen) atoms. The molecule has 0 spiro atoms. The van der Waals surface area contributed by atoms with E-state index in [-0.39, 0.29) is 16.8 Å². The van der Waals surface area contributed by atoms with Gasteiger partial charge in [0.25, 0.3) is 15.9 Å². The van der Waals surface area contributed by atoms with Crippen molar-refractivity contribution in [2.75, 3.05) is 35.8 Å². The van der Waals surface area contributed by atoms with Crippen LogP contribution in [0.15, 0.2) is 47.4 Å². The van der Waals surface area contributed by atoms with Crippen molar-refractivity contribution in [3.05, 3.63) is 53.6 Å². The molecule has 7 nitrogen and oxygen atoms in total. The van der Waals surface area contributed by atoms with Crippen molar-refractivity contribution in [3.8, 4) is 0 Å². The fourth-order valence-electron chi connectivity index (χ4n) is 3.41. The molecule has 1 atom stereocenters. The first-order valence-corrected chi connectivity index (χ1v) is 11.8. The third-order valence-electron chi connectivity index (χ3n) is 5.33. The van der Waals surface area contributed by atoms with Gasteiger partial charge in [0.1, 0.15) is 0 Å². The van der Waals surface area contributed by atoms with Crippen molar-refractivity contribution in [3.63, 3.8) is 0 Å². The predicted octanol–water partition coefficient (Wildman–Crippen LogP) is 2.73. The number of rotatable bonds is 7. The number of benzene rings is 2. The van der Waals surface area contributed by atoms with Crippen LogP contribution < -0.4 is 20.3 Å². The van der Waals surface area contributed by atoms with Crippen LogP contribution in [0.2, 0.25) is 0 Å². The monoisotopic (exact) mass is 430 g/mol. The topological polar surface area (TPSA) is 90.5 Å². The lowest BCUT2D eigenvalue weighted by Gasteiger charge is -2.31. The molecule has 8 heteroatoms. The Labute approximate surface area is 178 Å². The van der Waals surface area contributed by atoms with E-state index < -0.39 is 10.0 Å². The zero-order chi connectivity index (χ0) is 21.7. The van der Waals surface area contributed by atoms with Crippen molar-refractivity contribution in [1.29, 1.82) is 0 Å². The molecule has 0 saturated carbocycles. The Balaban J connectivity index is 1.99. The van der Waals surface area contributed by atoms with Gasteiger partial charge in [0, 0.05) is 37.8 Å². The maximum atomic E-state index is 13.1. The van der Waals surface area contributed by atoms with E-state index in [0.717, 1.165) is 38.3 Å². The number of carbonyl (C=O) groups excluding carboxylic acids is 1. The van der Waals surface area contributed by atoms with Crippen LogP contribution in [0.3, 0.4) is 0 Å². The number of hydrogen-bond donors (Lipinski definition) is 3. The average molecular weight is 431 g/mol. The standard InChI is InChI=1S/C22H30N4O3S/c1-4-17(3)24-22(27)18-9-10-20(26-13-11-23-12-14-26)19(15-18)25-30(28,29)21-8-6-5-7-16(21)2/h5-10,15,17,23,25H,4,11-14H2,1-3H3,(H,24,27)/t17-/m0/s1. The summed E-state index contributed by atoms with van der Waals surface area (Å²) in [6, 6.07) is 12.1. The fourth-order valence-corrected chi connectivity index (χ4v) is 4.72. The zero-order valence-electron chi connectivity index (χ0n) is 17.7. The maximum Gasteiger partial charge on any atom is 0.262 e. The first kappa shape index (κ1) is 22.1. The van der Waals surface area contributed by atoms with Crippen molar-refractivity contribution >= 4 is 27.3 Å². The number of carbonyl (C=O) groups is 1. The van der Waals surface area contributed by atoms with Gasteiger partial charge in [0.15, 0.2) is 0 Å². The average Bonchev–Trinajstić information content (AvgIpc) is 2.74. The molecular formula is C22H30N4O3S. The molecule has 0 aliphatic carbocycles. The molecule has 0 unspecified atom stereocenters. The summed E-state index contributed by atoms with van der Waals surface area (Å²) in [5.74, 6) is -0.215. The van der Waals surface area contributed by atoms with Crippen LogP contribution in [-0.4, -0.2) is 46.5 Å². The number of hydrogen-bond acceptors (Lipinski definition) is 5. The summed E-state index contributed by atoms with van der Waals surface area (Å²) < 4.78 is 29.0. The van der Waals surface area contributed by atoms with Gasteiger partial charge in [0.05, 0.1) is 16.3 Å². The summed E-state index contributed by atoms with van der Waals surface area (Å²) in [5.41, 5.74) is 2.28. The van der Waals surface area contributed by atoms with Gasteiger partial charge >= 0.3 is 0 Å². The molecule has 0 aromatic heterocycles. The molecule has 2 aromatic rings. The van der Waals surface area contributed by atoms with E-state index >= 15 is 0 Å². The Bertz CT molecular complexity index is 1000. The summed E-state index contributed by atoms with van der Waals surface area (Å²) in [6.45, 7) is 8.87. The predicted molar refractivity (Wildman–Crippen MR) is 121 cm³/mol. The molecule has 162 valence electrons. The van der Waals surface area contributed by atoms with Crippen molar-refractivity contribution < 1.29 is 13.2 Å². The number of aryl methyl sites for hydroxylation is 1. The number of nitrogens with zero attached hydrogens (tertiary/aromatic N) is 1. The Morgan fingerprint density at radius 3 is 2.53 bits per heavy atom. The molecule has 2 aromatic carbocycles. The van der Waals surface area contributed by atoms with Crippen molar-refractivity contribution in [1.82, 2.24) is 10.6 Å². The fraction of sp³-hybridized carbons (Fsp3) is 0.409. The lowest BCUT2D eigenvalue weighted by Crippen LogP contribution is -2.43. The highest BCUT2D eigenvalue weighted by atomic mass is 32.2. The van der Waals surface area contributed by atoms with E-state index in [2.05, 4.69) is 20.3 Å². The second-order valence-corrected chi connectivity index (χ2v) is 9.27. The van der Waals surface area contributed by atoms with Crippen LogP contribution in [0.5, 0.6) is 0 Å². The largest absolute Gasteiger partial charge is 0.367 e. The van der Waals surface area contributed by atoms with Gasteiger partial charge in [-0.1, -0.05) is 25.1 Å². The van der Waals surface area contributed by atoms with Crippen LogP contribution >= 0.6 is 0 Å². The van der Waals surface area contributed by atoms with E-state index in [1.54, 1.807) is 43.3 Å². The van der Waals surface area contributed by atoms with Crippen molar-refractivity contribution in [2.24, 2.45) is 0 Å². The van der Waals surface area contributed by atoms with Gasteiger partial charge in [-0.3, -0.25) is 9.52 Å². The number of sulfonamides is 1. The van der Waals surface area contributed by atoms with Crippen LogP contribution in [0.4, 0.5) is 11.4 Å². The van der Waals surface area contributed by atoms with Gasteiger partial charge in [-0.25, -0.2) is 8.42 Å². The molecule has 1 aliphatic rings. The van der Waals surface area contributed by atoms with E-state index in [9.17, 15) is 13.2 Å². The van der Waals surface area contributed by atoms with Gasteiger partial charge < -0.3 is 15.5 Å². The highest BCUT2D eigenvalue weighted by Crippen LogP contribution is 2.30. The van der Waals surface area contributed by atoms with Crippen LogP contribution in [0, 0.1) is 6.92 Å². The molecule has 1 aliphatic heterocycles. The molecule has 1 fully saturated rings. The number of amides is 1. The zero-order valence-corrected chi connectivity index (χ0v) is 18.6. The molecule has 1 saturated heterocycles.